The number of aliphatic hydroxyl groups is 2. The van der Waals surface area contributed by atoms with Gasteiger partial charge in [-0.25, -0.2) is 9.59 Å². The number of amides is 1. The van der Waals surface area contributed by atoms with Gasteiger partial charge in [-0.1, -0.05) is 12.1 Å². The number of piperazine rings is 1. The standard InChI is InChI=1S/C20H30N2O6/c1-5-27-18(25)17(24)16(23)14-6-8-15(9-7-14)21-10-12-22(13-11-21)19(26)28-20(2,3)4/h6-9,16-17,23-24H,5,10-13H2,1-4H3. The van der Waals surface area contributed by atoms with Crippen LogP contribution in [0.4, 0.5) is 10.5 Å². The second kappa shape index (κ2) is 9.25. The normalized spacial score (nSPS) is 17.1. The number of carbonyl (C=O) groups is 2. The fourth-order valence-corrected chi connectivity index (χ4v) is 2.89. The lowest BCUT2D eigenvalue weighted by molar-refractivity contribution is -0.159. The minimum absolute atomic E-state index is 0.136. The van der Waals surface area contributed by atoms with Gasteiger partial charge in [0.1, 0.15) is 11.7 Å². The quantitative estimate of drug-likeness (QED) is 0.733. The maximum Gasteiger partial charge on any atom is 0.410 e. The number of nitrogens with zero attached hydrogens (tertiary/aromatic N) is 2. The summed E-state index contributed by atoms with van der Waals surface area (Å²) in [6, 6.07) is 6.98. The molecule has 1 aliphatic rings. The Morgan fingerprint density at radius 3 is 2.14 bits per heavy atom. The van der Waals surface area contributed by atoms with Gasteiger partial charge >= 0.3 is 12.1 Å². The molecule has 1 fully saturated rings. The molecule has 1 aliphatic heterocycles. The van der Waals surface area contributed by atoms with Crippen molar-refractivity contribution in [2.24, 2.45) is 0 Å². The van der Waals surface area contributed by atoms with E-state index >= 15 is 0 Å². The molecule has 0 bridgehead atoms. The third-order valence-corrected chi connectivity index (χ3v) is 4.36. The van der Waals surface area contributed by atoms with Gasteiger partial charge in [0.15, 0.2) is 6.10 Å². The minimum Gasteiger partial charge on any atom is -0.464 e. The second-order valence-electron chi connectivity index (χ2n) is 7.69. The van der Waals surface area contributed by atoms with Crippen LogP contribution in [0.25, 0.3) is 0 Å². The topological polar surface area (TPSA) is 99.5 Å². The Hall–Kier alpha value is -2.32. The van der Waals surface area contributed by atoms with Crippen LogP contribution < -0.4 is 4.90 Å². The van der Waals surface area contributed by atoms with E-state index in [2.05, 4.69) is 4.90 Å². The highest BCUT2D eigenvalue weighted by Gasteiger charge is 2.28. The van der Waals surface area contributed by atoms with Crippen LogP contribution in [-0.4, -0.2) is 71.7 Å². The van der Waals surface area contributed by atoms with E-state index in [0.29, 0.717) is 31.7 Å². The monoisotopic (exact) mass is 394 g/mol. The van der Waals surface area contributed by atoms with Gasteiger partial charge < -0.3 is 29.5 Å². The zero-order valence-electron chi connectivity index (χ0n) is 16.9. The first-order valence-corrected chi connectivity index (χ1v) is 9.48. The summed E-state index contributed by atoms with van der Waals surface area (Å²) in [5.74, 6) is -0.850. The molecule has 8 heteroatoms. The van der Waals surface area contributed by atoms with Gasteiger partial charge in [-0.2, -0.15) is 0 Å². The van der Waals surface area contributed by atoms with E-state index in [1.807, 2.05) is 32.9 Å². The van der Waals surface area contributed by atoms with Gasteiger partial charge in [-0.15, -0.1) is 0 Å². The number of benzene rings is 1. The van der Waals surface area contributed by atoms with Crippen molar-refractivity contribution < 1.29 is 29.3 Å². The van der Waals surface area contributed by atoms with Crippen molar-refractivity contribution >= 4 is 17.7 Å². The largest absolute Gasteiger partial charge is 0.464 e. The number of hydrogen-bond acceptors (Lipinski definition) is 7. The maximum absolute atomic E-state index is 12.1. The van der Waals surface area contributed by atoms with Gasteiger partial charge in [-0.05, 0) is 45.4 Å². The average Bonchev–Trinajstić information content (AvgIpc) is 2.66. The number of hydrogen-bond donors (Lipinski definition) is 2. The average molecular weight is 394 g/mol. The smallest absolute Gasteiger partial charge is 0.410 e. The Balaban J connectivity index is 1.92. The number of aliphatic hydroxyl groups excluding tert-OH is 2. The molecule has 0 aliphatic carbocycles. The SMILES string of the molecule is CCOC(=O)C(O)C(O)c1ccc(N2CCN(C(=O)OC(C)(C)C)CC2)cc1. The van der Waals surface area contributed by atoms with Gasteiger partial charge in [0.25, 0.3) is 0 Å². The van der Waals surface area contributed by atoms with Crippen molar-refractivity contribution in [3.05, 3.63) is 29.8 Å². The summed E-state index contributed by atoms with van der Waals surface area (Å²) in [7, 11) is 0. The molecular formula is C20H30N2O6. The molecule has 156 valence electrons. The van der Waals surface area contributed by atoms with Crippen LogP contribution in [0.3, 0.4) is 0 Å². The van der Waals surface area contributed by atoms with E-state index in [1.54, 1.807) is 24.0 Å². The summed E-state index contributed by atoms with van der Waals surface area (Å²) >= 11 is 0. The number of anilines is 1. The zero-order chi connectivity index (χ0) is 20.9. The summed E-state index contributed by atoms with van der Waals surface area (Å²) in [6.45, 7) is 9.73. The molecule has 2 rings (SSSR count). The highest BCUT2D eigenvalue weighted by molar-refractivity contribution is 5.75. The highest BCUT2D eigenvalue weighted by Crippen LogP contribution is 2.23. The number of carbonyl (C=O) groups excluding carboxylic acids is 2. The lowest BCUT2D eigenvalue weighted by Gasteiger charge is -2.36. The molecule has 0 radical (unpaired) electrons. The molecule has 1 aromatic rings. The summed E-state index contributed by atoms with van der Waals surface area (Å²) in [4.78, 5) is 27.5. The summed E-state index contributed by atoms with van der Waals surface area (Å²) in [6.07, 6.45) is -3.28. The molecule has 1 heterocycles. The van der Waals surface area contributed by atoms with E-state index in [4.69, 9.17) is 9.47 Å². The van der Waals surface area contributed by atoms with E-state index in [-0.39, 0.29) is 12.7 Å². The van der Waals surface area contributed by atoms with Crippen LogP contribution in [0.2, 0.25) is 0 Å². The van der Waals surface area contributed by atoms with Crippen LogP contribution in [-0.2, 0) is 14.3 Å². The van der Waals surface area contributed by atoms with Crippen molar-refractivity contribution in [2.75, 3.05) is 37.7 Å². The fraction of sp³-hybridized carbons (Fsp3) is 0.600. The van der Waals surface area contributed by atoms with Gasteiger partial charge in [-0.3, -0.25) is 0 Å². The van der Waals surface area contributed by atoms with Crippen LogP contribution in [0.5, 0.6) is 0 Å². The van der Waals surface area contributed by atoms with Crippen LogP contribution in [0.1, 0.15) is 39.4 Å². The first kappa shape index (κ1) is 22.0. The predicted molar refractivity (Wildman–Crippen MR) is 104 cm³/mol. The third kappa shape index (κ3) is 5.84. The van der Waals surface area contributed by atoms with Gasteiger partial charge in [0.05, 0.1) is 6.61 Å². The minimum atomic E-state index is -1.62. The van der Waals surface area contributed by atoms with Crippen LogP contribution in [0.15, 0.2) is 24.3 Å². The molecule has 2 unspecified atom stereocenters. The second-order valence-corrected chi connectivity index (χ2v) is 7.69. The first-order valence-electron chi connectivity index (χ1n) is 9.48. The predicted octanol–water partition coefficient (Wildman–Crippen LogP) is 1.70. The fourth-order valence-electron chi connectivity index (χ4n) is 2.89. The van der Waals surface area contributed by atoms with E-state index < -0.39 is 23.8 Å². The Morgan fingerprint density at radius 1 is 1.07 bits per heavy atom. The summed E-state index contributed by atoms with van der Waals surface area (Å²) < 4.78 is 10.1. The lowest BCUT2D eigenvalue weighted by Crippen LogP contribution is -2.50. The van der Waals surface area contributed by atoms with Gasteiger partial charge in [0, 0.05) is 31.9 Å². The van der Waals surface area contributed by atoms with Crippen LogP contribution >= 0.6 is 0 Å². The molecule has 2 atom stereocenters. The third-order valence-electron chi connectivity index (χ3n) is 4.36. The van der Waals surface area contributed by atoms with Gasteiger partial charge in [0.2, 0.25) is 0 Å². The first-order chi connectivity index (χ1) is 13.1. The number of ether oxygens (including phenoxy) is 2. The molecule has 0 aromatic heterocycles. The summed E-state index contributed by atoms with van der Waals surface area (Å²) in [5.41, 5.74) is 0.848. The van der Waals surface area contributed by atoms with Crippen molar-refractivity contribution in [2.45, 2.75) is 45.5 Å². The number of rotatable bonds is 5. The molecule has 0 spiro atoms. The molecule has 8 nitrogen and oxygen atoms in total. The summed E-state index contributed by atoms with van der Waals surface area (Å²) in [5, 5.41) is 20.0. The van der Waals surface area contributed by atoms with E-state index in [1.165, 1.54) is 0 Å². The van der Waals surface area contributed by atoms with E-state index in [9.17, 15) is 19.8 Å². The van der Waals surface area contributed by atoms with Crippen molar-refractivity contribution in [3.8, 4) is 0 Å². The molecule has 1 amide bonds. The Morgan fingerprint density at radius 2 is 1.64 bits per heavy atom. The molecule has 28 heavy (non-hydrogen) atoms. The molecule has 0 saturated carbocycles. The Bertz CT molecular complexity index is 662. The Kier molecular flexibility index (Phi) is 7.26. The van der Waals surface area contributed by atoms with Crippen molar-refractivity contribution in [3.63, 3.8) is 0 Å². The molecule has 2 N–H and O–H groups in total. The van der Waals surface area contributed by atoms with Crippen molar-refractivity contribution in [1.82, 2.24) is 4.90 Å². The van der Waals surface area contributed by atoms with Crippen molar-refractivity contribution in [1.29, 1.82) is 0 Å². The van der Waals surface area contributed by atoms with Crippen LogP contribution in [0, 0.1) is 0 Å². The van der Waals surface area contributed by atoms with E-state index in [0.717, 1.165) is 5.69 Å². The molecular weight excluding hydrogens is 364 g/mol. The lowest BCUT2D eigenvalue weighted by atomic mass is 10.0. The maximum atomic E-state index is 12.1. The molecule has 1 saturated heterocycles. The number of esters is 1. The zero-order valence-corrected chi connectivity index (χ0v) is 16.9. The molecule has 1 aromatic carbocycles. The Labute approximate surface area is 165 Å². The highest BCUT2D eigenvalue weighted by atomic mass is 16.6.